The second-order valence-corrected chi connectivity index (χ2v) is 4.16. The van der Waals surface area contributed by atoms with Gasteiger partial charge in [-0.3, -0.25) is 4.79 Å². The normalized spacial score (nSPS) is 15.1. The third-order valence-electron chi connectivity index (χ3n) is 2.60. The maximum Gasteiger partial charge on any atom is 0.303 e. The van der Waals surface area contributed by atoms with Crippen LogP contribution in [-0.4, -0.2) is 17.6 Å². The van der Waals surface area contributed by atoms with Crippen LogP contribution >= 0.6 is 0 Å². The fraction of sp³-hybridized carbons (Fsp3) is 0.909. The highest BCUT2D eigenvalue weighted by Gasteiger charge is 2.13. The van der Waals surface area contributed by atoms with E-state index >= 15 is 0 Å². The molecule has 0 rings (SSSR count). The Morgan fingerprint density at radius 3 is 2.50 bits per heavy atom. The summed E-state index contributed by atoms with van der Waals surface area (Å²) in [5, 5.41) is 8.60. The first-order chi connectivity index (χ1) is 6.60. The molecule has 2 unspecified atom stereocenters. The van der Waals surface area contributed by atoms with Crippen molar-refractivity contribution in [2.45, 2.75) is 46.0 Å². The summed E-state index contributed by atoms with van der Waals surface area (Å²) >= 11 is 0. The van der Waals surface area contributed by atoms with E-state index in [9.17, 15) is 4.79 Å². The number of rotatable bonds is 8. The SMILES string of the molecule is CCCC(CCC(=O)O)CC(C)CN. The van der Waals surface area contributed by atoms with Crippen LogP contribution in [0.4, 0.5) is 0 Å². The monoisotopic (exact) mass is 201 g/mol. The van der Waals surface area contributed by atoms with Crippen molar-refractivity contribution >= 4 is 5.97 Å². The van der Waals surface area contributed by atoms with Gasteiger partial charge in [0.15, 0.2) is 0 Å². The van der Waals surface area contributed by atoms with E-state index in [2.05, 4.69) is 13.8 Å². The molecular weight excluding hydrogens is 178 g/mol. The minimum Gasteiger partial charge on any atom is -0.481 e. The lowest BCUT2D eigenvalue weighted by Crippen LogP contribution is -2.16. The first-order valence-electron chi connectivity index (χ1n) is 5.52. The molecule has 0 heterocycles. The average Bonchev–Trinajstić information content (AvgIpc) is 2.14. The Hall–Kier alpha value is -0.570. The van der Waals surface area contributed by atoms with E-state index in [0.717, 1.165) is 25.7 Å². The van der Waals surface area contributed by atoms with Gasteiger partial charge in [0.1, 0.15) is 0 Å². The number of carboxylic acid groups (broad SMARTS) is 1. The molecule has 0 aliphatic heterocycles. The lowest BCUT2D eigenvalue weighted by atomic mass is 9.88. The lowest BCUT2D eigenvalue weighted by Gasteiger charge is -2.18. The van der Waals surface area contributed by atoms with E-state index in [4.69, 9.17) is 10.8 Å². The van der Waals surface area contributed by atoms with E-state index in [-0.39, 0.29) is 0 Å². The third-order valence-corrected chi connectivity index (χ3v) is 2.60. The summed E-state index contributed by atoms with van der Waals surface area (Å²) in [7, 11) is 0. The van der Waals surface area contributed by atoms with Gasteiger partial charge in [0.2, 0.25) is 0 Å². The van der Waals surface area contributed by atoms with Crippen LogP contribution in [0, 0.1) is 11.8 Å². The zero-order valence-electron chi connectivity index (χ0n) is 9.33. The Morgan fingerprint density at radius 2 is 2.07 bits per heavy atom. The molecule has 0 aromatic heterocycles. The molecule has 84 valence electrons. The summed E-state index contributed by atoms with van der Waals surface area (Å²) in [4.78, 5) is 10.4. The zero-order valence-corrected chi connectivity index (χ0v) is 9.33. The Morgan fingerprint density at radius 1 is 1.43 bits per heavy atom. The third kappa shape index (κ3) is 6.89. The van der Waals surface area contributed by atoms with Gasteiger partial charge in [-0.25, -0.2) is 0 Å². The Labute approximate surface area is 86.7 Å². The van der Waals surface area contributed by atoms with Gasteiger partial charge in [0.25, 0.3) is 0 Å². The molecule has 0 radical (unpaired) electrons. The van der Waals surface area contributed by atoms with Crippen molar-refractivity contribution in [3.8, 4) is 0 Å². The number of nitrogens with two attached hydrogens (primary N) is 1. The highest BCUT2D eigenvalue weighted by atomic mass is 16.4. The van der Waals surface area contributed by atoms with Crippen molar-refractivity contribution < 1.29 is 9.90 Å². The van der Waals surface area contributed by atoms with Gasteiger partial charge in [0, 0.05) is 6.42 Å². The smallest absolute Gasteiger partial charge is 0.303 e. The number of hydrogen-bond donors (Lipinski definition) is 2. The molecule has 0 aliphatic rings. The molecule has 0 aromatic rings. The highest BCUT2D eigenvalue weighted by molar-refractivity contribution is 5.66. The Balaban J connectivity index is 3.82. The predicted octanol–water partition coefficient (Wildman–Crippen LogP) is 2.25. The summed E-state index contributed by atoms with van der Waals surface area (Å²) in [6, 6.07) is 0. The molecule has 0 spiro atoms. The Kier molecular flexibility index (Phi) is 7.48. The second-order valence-electron chi connectivity index (χ2n) is 4.16. The van der Waals surface area contributed by atoms with Crippen molar-refractivity contribution in [1.82, 2.24) is 0 Å². The number of carboxylic acids is 1. The number of aliphatic carboxylic acids is 1. The van der Waals surface area contributed by atoms with E-state index in [1.165, 1.54) is 0 Å². The van der Waals surface area contributed by atoms with Crippen molar-refractivity contribution in [3.05, 3.63) is 0 Å². The zero-order chi connectivity index (χ0) is 11.0. The summed E-state index contributed by atoms with van der Waals surface area (Å²) < 4.78 is 0. The molecule has 0 saturated carbocycles. The molecule has 3 nitrogen and oxygen atoms in total. The quantitative estimate of drug-likeness (QED) is 0.633. The molecular formula is C11H23NO2. The van der Waals surface area contributed by atoms with Gasteiger partial charge in [-0.2, -0.15) is 0 Å². The first-order valence-corrected chi connectivity index (χ1v) is 5.52. The van der Waals surface area contributed by atoms with Crippen LogP contribution in [0.25, 0.3) is 0 Å². The van der Waals surface area contributed by atoms with Gasteiger partial charge in [-0.15, -0.1) is 0 Å². The van der Waals surface area contributed by atoms with Gasteiger partial charge in [-0.1, -0.05) is 26.7 Å². The standard InChI is InChI=1S/C11H23NO2/c1-3-4-10(5-6-11(13)14)7-9(2)8-12/h9-10H,3-8,12H2,1-2H3,(H,13,14). The largest absolute Gasteiger partial charge is 0.481 e. The molecule has 0 saturated heterocycles. The predicted molar refractivity (Wildman–Crippen MR) is 58.1 cm³/mol. The molecule has 3 N–H and O–H groups in total. The first kappa shape index (κ1) is 13.4. The van der Waals surface area contributed by atoms with Crippen LogP contribution in [0.1, 0.15) is 46.0 Å². The van der Waals surface area contributed by atoms with Crippen LogP contribution in [-0.2, 0) is 4.79 Å². The minimum absolute atomic E-state index is 0.294. The van der Waals surface area contributed by atoms with Crippen molar-refractivity contribution in [2.75, 3.05) is 6.54 Å². The van der Waals surface area contributed by atoms with Gasteiger partial charge >= 0.3 is 5.97 Å². The van der Waals surface area contributed by atoms with Gasteiger partial charge in [-0.05, 0) is 31.2 Å². The van der Waals surface area contributed by atoms with Gasteiger partial charge < -0.3 is 10.8 Å². The van der Waals surface area contributed by atoms with Crippen LogP contribution in [0.3, 0.4) is 0 Å². The molecule has 0 bridgehead atoms. The highest BCUT2D eigenvalue weighted by Crippen LogP contribution is 2.21. The molecule has 0 aromatic carbocycles. The lowest BCUT2D eigenvalue weighted by molar-refractivity contribution is -0.137. The van der Waals surface area contributed by atoms with E-state index in [0.29, 0.717) is 24.8 Å². The Bertz CT molecular complexity index is 159. The van der Waals surface area contributed by atoms with E-state index < -0.39 is 5.97 Å². The maximum atomic E-state index is 10.4. The fourth-order valence-electron chi connectivity index (χ4n) is 1.78. The summed E-state index contributed by atoms with van der Waals surface area (Å²) in [5.74, 6) is 0.362. The molecule has 3 heteroatoms. The van der Waals surface area contributed by atoms with Crippen molar-refractivity contribution in [3.63, 3.8) is 0 Å². The summed E-state index contributed by atoms with van der Waals surface area (Å²) in [6.45, 7) is 4.97. The van der Waals surface area contributed by atoms with Crippen LogP contribution < -0.4 is 5.73 Å². The average molecular weight is 201 g/mol. The van der Waals surface area contributed by atoms with Crippen LogP contribution in [0.15, 0.2) is 0 Å². The fourth-order valence-corrected chi connectivity index (χ4v) is 1.78. The van der Waals surface area contributed by atoms with Crippen molar-refractivity contribution in [1.29, 1.82) is 0 Å². The molecule has 2 atom stereocenters. The van der Waals surface area contributed by atoms with E-state index in [1.807, 2.05) is 0 Å². The van der Waals surface area contributed by atoms with E-state index in [1.54, 1.807) is 0 Å². The topological polar surface area (TPSA) is 63.3 Å². The van der Waals surface area contributed by atoms with Crippen LogP contribution in [0.5, 0.6) is 0 Å². The number of hydrogen-bond acceptors (Lipinski definition) is 2. The molecule has 0 fully saturated rings. The minimum atomic E-state index is -0.688. The molecule has 0 amide bonds. The summed E-state index contributed by atoms with van der Waals surface area (Å²) in [5.41, 5.74) is 5.56. The van der Waals surface area contributed by atoms with Crippen molar-refractivity contribution in [2.24, 2.45) is 17.6 Å². The second kappa shape index (κ2) is 7.80. The maximum absolute atomic E-state index is 10.4. The summed E-state index contributed by atoms with van der Waals surface area (Å²) in [6.07, 6.45) is 4.41. The van der Waals surface area contributed by atoms with Crippen LogP contribution in [0.2, 0.25) is 0 Å². The molecule has 14 heavy (non-hydrogen) atoms. The molecule has 0 aliphatic carbocycles. The van der Waals surface area contributed by atoms with Gasteiger partial charge in [0.05, 0.1) is 0 Å². The number of carbonyl (C=O) groups is 1.